The third-order valence-corrected chi connectivity index (χ3v) is 8.83. The van der Waals surface area contributed by atoms with Gasteiger partial charge in [-0.15, -0.1) is 0 Å². The average molecular weight is 663 g/mol. The first-order valence-corrected chi connectivity index (χ1v) is 15.5. The number of hydrogen-bond acceptors (Lipinski definition) is 9. The quantitative estimate of drug-likeness (QED) is 0.238. The second-order valence-electron chi connectivity index (χ2n) is 9.44. The number of nitrogens with one attached hydrogen (secondary N) is 2. The van der Waals surface area contributed by atoms with Gasteiger partial charge < -0.3 is 19.1 Å². The maximum absolute atomic E-state index is 14.1. The molecule has 40 heavy (non-hydrogen) atoms. The first kappa shape index (κ1) is 30.7. The van der Waals surface area contributed by atoms with Crippen LogP contribution in [0.25, 0.3) is 6.08 Å². The Hall–Kier alpha value is -2.25. The lowest BCUT2D eigenvalue weighted by Crippen LogP contribution is -2.50. The molecule has 15 heteroatoms. The molecule has 0 radical (unpaired) electrons. The fourth-order valence-corrected chi connectivity index (χ4v) is 6.85. The highest BCUT2D eigenvalue weighted by Crippen LogP contribution is 2.50. The van der Waals surface area contributed by atoms with Crippen molar-refractivity contribution < 1.29 is 33.0 Å². The molecule has 2 fully saturated rings. The summed E-state index contributed by atoms with van der Waals surface area (Å²) in [5.41, 5.74) is -2.38. The normalized spacial score (nSPS) is 23.8. The number of esters is 1. The van der Waals surface area contributed by atoms with Crippen LogP contribution in [0.1, 0.15) is 50.8 Å². The van der Waals surface area contributed by atoms with Crippen molar-refractivity contribution in [2.45, 2.75) is 63.0 Å². The molecular weight excluding hydrogens is 633 g/mol. The van der Waals surface area contributed by atoms with E-state index in [1.807, 2.05) is 0 Å². The third-order valence-electron chi connectivity index (χ3n) is 6.67. The molecule has 2 unspecified atom stereocenters. The van der Waals surface area contributed by atoms with Gasteiger partial charge >= 0.3 is 19.4 Å². The van der Waals surface area contributed by atoms with Gasteiger partial charge in [0.25, 0.3) is 5.56 Å². The third kappa shape index (κ3) is 7.14. The largest absolute Gasteiger partial charge is 0.465 e. The fourth-order valence-electron chi connectivity index (χ4n) is 4.70. The summed E-state index contributed by atoms with van der Waals surface area (Å²) in [6, 6.07) is 6.11. The summed E-state index contributed by atoms with van der Waals surface area (Å²) in [4.78, 5) is 41.1. The predicted molar refractivity (Wildman–Crippen MR) is 150 cm³/mol. The molecule has 2 heterocycles. The lowest BCUT2D eigenvalue weighted by atomic mass is 10.00. The molecule has 218 valence electrons. The molecule has 1 saturated carbocycles. The van der Waals surface area contributed by atoms with E-state index < -0.39 is 55.5 Å². The number of nitrogens with zero attached hydrogens (tertiary/aromatic N) is 1. The number of H-pyrrole nitrogens is 1. The van der Waals surface area contributed by atoms with E-state index >= 15 is 0 Å². The average Bonchev–Trinajstić information content (AvgIpc) is 3.53. The number of carbonyl (C=O) groups excluding carboxylic acids is 1. The number of aromatic amines is 1. The number of halogens is 2. The van der Waals surface area contributed by atoms with E-state index in [2.05, 4.69) is 26.0 Å². The van der Waals surface area contributed by atoms with Gasteiger partial charge in [0.05, 0.1) is 24.9 Å². The maximum Gasteiger partial charge on any atom is 0.459 e. The summed E-state index contributed by atoms with van der Waals surface area (Å²) in [6.07, 6.45) is 1.89. The summed E-state index contributed by atoms with van der Waals surface area (Å²) < 4.78 is 37.9. The Morgan fingerprint density at radius 1 is 1.32 bits per heavy atom. The Kier molecular flexibility index (Phi) is 10.1. The van der Waals surface area contributed by atoms with E-state index in [9.17, 15) is 24.1 Å². The molecular formula is C25H30BrClN3O9P. The van der Waals surface area contributed by atoms with E-state index in [1.54, 1.807) is 19.1 Å². The number of aliphatic hydroxyl groups is 1. The van der Waals surface area contributed by atoms with Gasteiger partial charge in [-0.1, -0.05) is 40.4 Å². The molecule has 2 aromatic rings. The molecule has 1 aliphatic carbocycles. The maximum atomic E-state index is 14.1. The van der Waals surface area contributed by atoms with Crippen LogP contribution in [0.5, 0.6) is 5.75 Å². The lowest BCUT2D eigenvalue weighted by molar-refractivity contribution is -0.150. The van der Waals surface area contributed by atoms with E-state index in [4.69, 9.17) is 30.1 Å². The molecule has 4 atom stereocenters. The molecule has 0 spiro atoms. The van der Waals surface area contributed by atoms with E-state index in [-0.39, 0.29) is 24.3 Å². The van der Waals surface area contributed by atoms with Crippen LogP contribution in [0.3, 0.4) is 0 Å². The van der Waals surface area contributed by atoms with Crippen molar-refractivity contribution in [2.75, 3.05) is 13.2 Å². The van der Waals surface area contributed by atoms with Gasteiger partial charge in [-0.2, -0.15) is 5.09 Å². The van der Waals surface area contributed by atoms with Crippen molar-refractivity contribution in [3.05, 3.63) is 66.9 Å². The standard InChI is InChI=1S/C25H30BrClN3O9P/c1-2-36-23(33)25(10-3-4-11-25)29-40(35,39-18-7-5-17(27)6-8-18)37-15-20-19(31)13-21(38-20)30-14-16(9-12-26)22(32)28-24(30)34/h5-9,12,14,19-21,31H,2-4,10-11,13,15H2,1H3,(H,29,35)(H,28,32,34)/b12-9+/t19?,20-,21-,40?/m1/s1. The second kappa shape index (κ2) is 13.2. The van der Waals surface area contributed by atoms with Crippen LogP contribution >= 0.6 is 35.3 Å². The summed E-state index contributed by atoms with van der Waals surface area (Å²) in [7, 11) is -4.27. The Morgan fingerprint density at radius 3 is 2.67 bits per heavy atom. The molecule has 1 saturated heterocycles. The number of carbonyl (C=O) groups is 1. The number of benzene rings is 1. The minimum absolute atomic E-state index is 0.0000208. The highest BCUT2D eigenvalue weighted by Gasteiger charge is 2.49. The predicted octanol–water partition coefficient (Wildman–Crippen LogP) is 3.87. The van der Waals surface area contributed by atoms with Gasteiger partial charge in [0.1, 0.15) is 23.6 Å². The molecule has 1 aromatic heterocycles. The van der Waals surface area contributed by atoms with Crippen LogP contribution in [0.15, 0.2) is 45.0 Å². The summed E-state index contributed by atoms with van der Waals surface area (Å²) in [5.74, 6) is -0.380. The van der Waals surface area contributed by atoms with Gasteiger partial charge in [-0.3, -0.25) is 23.7 Å². The Balaban J connectivity index is 1.55. The van der Waals surface area contributed by atoms with Gasteiger partial charge in [-0.05, 0) is 55.1 Å². The summed E-state index contributed by atoms with van der Waals surface area (Å²) in [6.45, 7) is 1.43. The van der Waals surface area contributed by atoms with Gasteiger partial charge in [0.2, 0.25) is 0 Å². The SMILES string of the molecule is CCOC(=O)C1(NP(=O)(OC[C@H]2O[C@@H](n3cc(/C=C/Br)c(=O)[nH]c3=O)CC2O)Oc2ccc(Cl)cc2)CCCC1. The number of rotatable bonds is 11. The van der Waals surface area contributed by atoms with E-state index in [0.29, 0.717) is 30.7 Å². The topological polar surface area (TPSA) is 158 Å². The Morgan fingerprint density at radius 2 is 2.02 bits per heavy atom. The number of hydrogen-bond donors (Lipinski definition) is 3. The number of ether oxygens (including phenoxy) is 2. The van der Waals surface area contributed by atoms with Gasteiger partial charge in [0, 0.05) is 17.6 Å². The Labute approximate surface area is 243 Å². The van der Waals surface area contributed by atoms with Crippen LogP contribution in [-0.2, 0) is 23.4 Å². The van der Waals surface area contributed by atoms with Crippen molar-refractivity contribution in [1.82, 2.24) is 14.6 Å². The zero-order chi connectivity index (χ0) is 28.9. The lowest BCUT2D eigenvalue weighted by Gasteiger charge is -2.32. The highest BCUT2D eigenvalue weighted by molar-refractivity contribution is 9.11. The van der Waals surface area contributed by atoms with Gasteiger partial charge in [-0.25, -0.2) is 9.36 Å². The fraction of sp³-hybridized carbons (Fsp3) is 0.480. The molecule has 3 N–H and O–H groups in total. The van der Waals surface area contributed by atoms with Crippen molar-refractivity contribution in [3.8, 4) is 5.75 Å². The smallest absolute Gasteiger partial charge is 0.459 e. The zero-order valence-corrected chi connectivity index (χ0v) is 24.8. The molecule has 1 aromatic carbocycles. The first-order valence-electron chi connectivity index (χ1n) is 12.7. The highest BCUT2D eigenvalue weighted by atomic mass is 79.9. The van der Waals surface area contributed by atoms with E-state index in [0.717, 1.165) is 4.57 Å². The zero-order valence-electron chi connectivity index (χ0n) is 21.6. The van der Waals surface area contributed by atoms with Crippen molar-refractivity contribution in [3.63, 3.8) is 0 Å². The molecule has 0 amide bonds. The Bertz CT molecular complexity index is 1390. The summed E-state index contributed by atoms with van der Waals surface area (Å²) >= 11 is 9.06. The van der Waals surface area contributed by atoms with Crippen LogP contribution in [0.4, 0.5) is 0 Å². The van der Waals surface area contributed by atoms with Crippen LogP contribution < -0.4 is 20.9 Å². The monoisotopic (exact) mass is 661 g/mol. The molecule has 1 aliphatic heterocycles. The molecule has 2 aliphatic rings. The second-order valence-corrected chi connectivity index (χ2v) is 12.1. The minimum atomic E-state index is -4.27. The van der Waals surface area contributed by atoms with E-state index in [1.165, 1.54) is 29.4 Å². The van der Waals surface area contributed by atoms with Crippen LogP contribution in [-0.4, -0.2) is 51.6 Å². The van der Waals surface area contributed by atoms with Gasteiger partial charge in [0.15, 0.2) is 0 Å². The minimum Gasteiger partial charge on any atom is -0.465 e. The van der Waals surface area contributed by atoms with Crippen molar-refractivity contribution in [2.24, 2.45) is 0 Å². The van der Waals surface area contributed by atoms with Crippen LogP contribution in [0, 0.1) is 0 Å². The first-order chi connectivity index (χ1) is 19.1. The summed E-state index contributed by atoms with van der Waals surface area (Å²) in [5, 5.41) is 14.0. The van der Waals surface area contributed by atoms with Crippen molar-refractivity contribution in [1.29, 1.82) is 0 Å². The molecule has 4 rings (SSSR count). The van der Waals surface area contributed by atoms with Crippen molar-refractivity contribution >= 4 is 47.3 Å². The number of aromatic nitrogens is 2. The van der Waals surface area contributed by atoms with Crippen LogP contribution in [0.2, 0.25) is 5.02 Å². The molecule has 0 bridgehead atoms. The number of aliphatic hydroxyl groups excluding tert-OH is 1. The molecule has 12 nitrogen and oxygen atoms in total.